The number of carbonyl (C=O) groups excluding carboxylic acids is 4. The Kier molecular flexibility index (Phi) is 75.8. The van der Waals surface area contributed by atoms with Gasteiger partial charge in [0.25, 0.3) is 0 Å². The quantitative estimate of drug-likeness (QED) is 0.0169. The summed E-state index contributed by atoms with van der Waals surface area (Å²) in [7, 11) is -10.0. The molecule has 0 spiro atoms. The highest BCUT2D eigenvalue weighted by atomic mass is 31.2. The maximum atomic E-state index is 13.1. The standard InChI is InChI=1S/C89H148O17P2/c1-5-9-13-17-21-25-29-33-37-39-41-43-47-51-55-59-63-67-71-75-88(93)105-84(79-99-86(91)73-69-65-61-57-53-49-45-35-31-27-23-19-15-11-7-3)81-103-107(95,96)101-77-83(90)78-102-108(97,98)104-82-85(80-100-87(92)74-70-66-62-58-54-50-46-36-32-28-24-20-16-12-8-4)106-89(94)76-72-68-64-60-56-52-48-44-42-40-38-34-30-26-22-18-14-10-6-2/h9,13,21-22,24-28,31,33-34,36-38,41-44,46,51-52,55-56,64,68,83-85,90H,5-8,10-12,14-20,23,29-30,32,35,39-40,45,47-50,53-54,57-63,65-67,69-82H2,1-4H3,(H,95,96)(H,97,98)/b13-9-,25-21-,26-22-,28-24-,31-27-,37-33-,38-34-,43-41-,44-42-,46-36-,55-51-,56-52-,68-64-/t83-,84+,85+/m0/s1. The molecule has 0 aromatic heterocycles. The van der Waals surface area contributed by atoms with Gasteiger partial charge < -0.3 is 33.8 Å². The minimum absolute atomic E-state index is 0.0367. The van der Waals surface area contributed by atoms with E-state index in [1.54, 1.807) is 0 Å². The van der Waals surface area contributed by atoms with Crippen molar-refractivity contribution < 1.29 is 80.2 Å². The predicted octanol–water partition coefficient (Wildman–Crippen LogP) is 24.8. The highest BCUT2D eigenvalue weighted by molar-refractivity contribution is 7.47. The largest absolute Gasteiger partial charge is 0.472 e. The van der Waals surface area contributed by atoms with Gasteiger partial charge in [0.05, 0.1) is 26.4 Å². The van der Waals surface area contributed by atoms with Gasteiger partial charge in [-0.3, -0.25) is 37.3 Å². The minimum Gasteiger partial charge on any atom is -0.462 e. The lowest BCUT2D eigenvalue weighted by Crippen LogP contribution is -2.30. The van der Waals surface area contributed by atoms with Gasteiger partial charge in [0.2, 0.25) is 0 Å². The molecule has 0 bridgehead atoms. The number of phosphoric acid groups is 2. The zero-order chi connectivity index (χ0) is 78.9. The van der Waals surface area contributed by atoms with Gasteiger partial charge in [-0.25, -0.2) is 9.13 Å². The van der Waals surface area contributed by atoms with Crippen molar-refractivity contribution in [1.29, 1.82) is 0 Å². The molecule has 0 fully saturated rings. The van der Waals surface area contributed by atoms with Crippen LogP contribution >= 0.6 is 15.6 Å². The average molecular weight is 1550 g/mol. The van der Waals surface area contributed by atoms with E-state index in [1.807, 2.05) is 18.2 Å². The predicted molar refractivity (Wildman–Crippen MR) is 445 cm³/mol. The van der Waals surface area contributed by atoms with E-state index in [4.69, 9.17) is 37.0 Å². The molecule has 108 heavy (non-hydrogen) atoms. The van der Waals surface area contributed by atoms with E-state index in [-0.39, 0.29) is 25.7 Å². The third kappa shape index (κ3) is 78.8. The molecule has 0 radical (unpaired) electrons. The minimum atomic E-state index is -5.01. The topological polar surface area (TPSA) is 237 Å². The lowest BCUT2D eigenvalue weighted by Gasteiger charge is -2.21. The Morgan fingerprint density at radius 3 is 0.833 bits per heavy atom. The summed E-state index contributed by atoms with van der Waals surface area (Å²) in [5.74, 6) is -2.33. The molecular weight excluding hydrogens is 1400 g/mol. The molecule has 0 rings (SSSR count). The van der Waals surface area contributed by atoms with Crippen molar-refractivity contribution in [2.75, 3.05) is 39.6 Å². The van der Waals surface area contributed by atoms with Crippen molar-refractivity contribution in [2.45, 2.75) is 341 Å². The van der Waals surface area contributed by atoms with E-state index < -0.39 is 97.5 Å². The summed E-state index contributed by atoms with van der Waals surface area (Å²) in [6.07, 6.45) is 93.7. The maximum Gasteiger partial charge on any atom is 0.472 e. The van der Waals surface area contributed by atoms with Crippen molar-refractivity contribution >= 4 is 39.5 Å². The Balaban J connectivity index is 5.50. The molecule has 5 atom stereocenters. The lowest BCUT2D eigenvalue weighted by molar-refractivity contribution is -0.161. The van der Waals surface area contributed by atoms with E-state index in [0.717, 1.165) is 167 Å². The first kappa shape index (κ1) is 103. The maximum absolute atomic E-state index is 13.1. The molecular formula is C89H148O17P2. The highest BCUT2D eigenvalue weighted by Crippen LogP contribution is 2.45. The van der Waals surface area contributed by atoms with E-state index >= 15 is 0 Å². The Hall–Kier alpha value is -5.32. The van der Waals surface area contributed by atoms with Crippen LogP contribution < -0.4 is 0 Å². The highest BCUT2D eigenvalue weighted by Gasteiger charge is 2.30. The Morgan fingerprint density at radius 2 is 0.500 bits per heavy atom. The fourth-order valence-electron chi connectivity index (χ4n) is 10.6. The van der Waals surface area contributed by atoms with Crippen LogP contribution in [0.3, 0.4) is 0 Å². The second-order valence-electron chi connectivity index (χ2n) is 27.3. The normalized spacial score (nSPS) is 14.6. The summed E-state index contributed by atoms with van der Waals surface area (Å²) in [4.78, 5) is 73.1. The van der Waals surface area contributed by atoms with Crippen LogP contribution in [0, 0.1) is 0 Å². The van der Waals surface area contributed by atoms with Gasteiger partial charge >= 0.3 is 39.5 Å². The lowest BCUT2D eigenvalue weighted by atomic mass is 10.1. The molecule has 0 aliphatic heterocycles. The van der Waals surface area contributed by atoms with Crippen LogP contribution in [-0.2, 0) is 65.4 Å². The van der Waals surface area contributed by atoms with Gasteiger partial charge in [0, 0.05) is 25.7 Å². The van der Waals surface area contributed by atoms with Crippen molar-refractivity contribution in [3.63, 3.8) is 0 Å². The van der Waals surface area contributed by atoms with Gasteiger partial charge in [-0.1, -0.05) is 288 Å². The number of aliphatic hydroxyl groups is 1. The van der Waals surface area contributed by atoms with E-state index in [9.17, 15) is 43.2 Å². The second-order valence-corrected chi connectivity index (χ2v) is 30.2. The average Bonchev–Trinajstić information content (AvgIpc) is 0.907. The number of aliphatic hydroxyl groups excluding tert-OH is 1. The summed E-state index contributed by atoms with van der Waals surface area (Å²) in [5, 5.41) is 10.7. The van der Waals surface area contributed by atoms with Crippen LogP contribution in [-0.4, -0.2) is 96.7 Å². The molecule has 0 aliphatic rings. The van der Waals surface area contributed by atoms with Crippen molar-refractivity contribution in [3.05, 3.63) is 158 Å². The number of phosphoric ester groups is 2. The Morgan fingerprint density at radius 1 is 0.269 bits per heavy atom. The monoisotopic (exact) mass is 1550 g/mol. The number of hydrogen-bond donors (Lipinski definition) is 3. The number of rotatable bonds is 77. The zero-order valence-corrected chi connectivity index (χ0v) is 69.3. The van der Waals surface area contributed by atoms with Gasteiger partial charge in [-0.05, 0) is 167 Å². The van der Waals surface area contributed by atoms with Crippen LogP contribution in [0.1, 0.15) is 323 Å². The number of unbranched alkanes of at least 4 members (excludes halogenated alkanes) is 25. The van der Waals surface area contributed by atoms with Crippen LogP contribution in [0.15, 0.2) is 158 Å². The molecule has 0 saturated carbocycles. The molecule has 2 unspecified atom stereocenters. The number of carbonyl (C=O) groups is 4. The van der Waals surface area contributed by atoms with E-state index in [2.05, 4.69) is 167 Å². The van der Waals surface area contributed by atoms with Gasteiger partial charge in [0.15, 0.2) is 12.2 Å². The molecule has 3 N–H and O–H groups in total. The van der Waals surface area contributed by atoms with Crippen LogP contribution in [0.25, 0.3) is 0 Å². The summed E-state index contributed by atoms with van der Waals surface area (Å²) >= 11 is 0. The van der Waals surface area contributed by atoms with Gasteiger partial charge in [0.1, 0.15) is 19.3 Å². The Bertz CT molecular complexity index is 2660. The van der Waals surface area contributed by atoms with Crippen molar-refractivity contribution in [3.8, 4) is 0 Å². The first-order chi connectivity index (χ1) is 52.7. The third-order valence-electron chi connectivity index (χ3n) is 17.0. The molecule has 0 aromatic rings. The number of hydrogen-bond acceptors (Lipinski definition) is 15. The summed E-state index contributed by atoms with van der Waals surface area (Å²) in [5.41, 5.74) is 0. The number of ether oxygens (including phenoxy) is 4. The summed E-state index contributed by atoms with van der Waals surface area (Å²) in [6, 6.07) is 0. The molecule has 0 aliphatic carbocycles. The third-order valence-corrected chi connectivity index (χ3v) is 18.9. The Labute approximate surface area is 655 Å². The van der Waals surface area contributed by atoms with Crippen LogP contribution in [0.2, 0.25) is 0 Å². The molecule has 0 heterocycles. The van der Waals surface area contributed by atoms with Gasteiger partial charge in [-0.2, -0.15) is 0 Å². The molecule has 17 nitrogen and oxygen atoms in total. The molecule has 19 heteroatoms. The summed E-state index contributed by atoms with van der Waals surface area (Å²) in [6.45, 7) is 4.56. The summed E-state index contributed by atoms with van der Waals surface area (Å²) < 4.78 is 68.6. The van der Waals surface area contributed by atoms with Crippen LogP contribution in [0.5, 0.6) is 0 Å². The number of esters is 4. The van der Waals surface area contributed by atoms with E-state index in [1.165, 1.54) is 70.6 Å². The first-order valence-corrected chi connectivity index (χ1v) is 44.7. The van der Waals surface area contributed by atoms with Crippen molar-refractivity contribution in [1.82, 2.24) is 0 Å². The first-order valence-electron chi connectivity index (χ1n) is 41.7. The molecule has 0 saturated heterocycles. The van der Waals surface area contributed by atoms with E-state index in [0.29, 0.717) is 32.1 Å². The molecule has 0 amide bonds. The van der Waals surface area contributed by atoms with Crippen molar-refractivity contribution in [2.24, 2.45) is 0 Å². The van der Waals surface area contributed by atoms with Crippen LogP contribution in [0.4, 0.5) is 0 Å². The number of allylic oxidation sites excluding steroid dienone is 26. The fourth-order valence-corrected chi connectivity index (χ4v) is 12.2. The SMILES string of the molecule is CC/C=C\C/C=C\C/C=C\C/C=C\C/C=C\CCCCCC(=O)O[C@H](COC(=O)CCCCCCCCC/C=C\CCCCCC)COP(=O)(O)OC[C@H](O)COP(=O)(O)OC[C@@H](COC(=O)CCCCCCC/C=C\C/C=C\CCCCC)OC(=O)CC/C=C\C/C=C\C/C=C\C/C=C\C/C=C\CCCCC. The van der Waals surface area contributed by atoms with Gasteiger partial charge in [-0.15, -0.1) is 0 Å². The molecule has 0 aromatic carbocycles. The molecule has 616 valence electrons. The second kappa shape index (κ2) is 79.8. The zero-order valence-electron chi connectivity index (χ0n) is 67.5. The fraction of sp³-hybridized carbons (Fsp3) is 0.663. The smallest absolute Gasteiger partial charge is 0.462 e.